The van der Waals surface area contributed by atoms with Gasteiger partial charge in [-0.2, -0.15) is 0 Å². The summed E-state index contributed by atoms with van der Waals surface area (Å²) in [5.74, 6) is -0.712. The highest BCUT2D eigenvalue weighted by molar-refractivity contribution is 5.92. The standard InChI is InChI=1S/C17H22N2O6/c1-11-5-3-4-6-13(11)18-16(20)10-25-17(21)12-7-8-15(24-2)14(9-12)19(22)23/h7-9,11,13H,3-6,10H2,1-2H3,(H,18,20)/t11-,13-/m1/s1. The van der Waals surface area contributed by atoms with E-state index in [1.807, 2.05) is 0 Å². The van der Waals surface area contributed by atoms with E-state index < -0.39 is 17.5 Å². The van der Waals surface area contributed by atoms with Crippen LogP contribution in [0.15, 0.2) is 18.2 Å². The summed E-state index contributed by atoms with van der Waals surface area (Å²) < 4.78 is 9.84. The highest BCUT2D eigenvalue weighted by Gasteiger charge is 2.24. The Morgan fingerprint density at radius 2 is 2.04 bits per heavy atom. The van der Waals surface area contributed by atoms with Crippen molar-refractivity contribution in [2.24, 2.45) is 5.92 Å². The van der Waals surface area contributed by atoms with E-state index in [0.29, 0.717) is 5.92 Å². The number of hydrogen-bond donors (Lipinski definition) is 1. The first-order chi connectivity index (χ1) is 11.9. The molecule has 0 heterocycles. The summed E-state index contributed by atoms with van der Waals surface area (Å²) in [5.41, 5.74) is -0.344. The van der Waals surface area contributed by atoms with Crippen LogP contribution in [0.1, 0.15) is 43.0 Å². The smallest absolute Gasteiger partial charge is 0.338 e. The Bertz CT molecular complexity index is 661. The van der Waals surface area contributed by atoms with Crippen molar-refractivity contribution in [1.82, 2.24) is 5.32 Å². The van der Waals surface area contributed by atoms with E-state index in [2.05, 4.69) is 12.2 Å². The molecular weight excluding hydrogens is 328 g/mol. The number of nitrogens with one attached hydrogen (secondary N) is 1. The summed E-state index contributed by atoms with van der Waals surface area (Å²) in [6, 6.07) is 3.85. The van der Waals surface area contributed by atoms with Gasteiger partial charge in [0.25, 0.3) is 5.91 Å². The number of benzene rings is 1. The minimum absolute atomic E-state index is 0.00802. The molecule has 0 bridgehead atoms. The summed E-state index contributed by atoms with van der Waals surface area (Å²) in [6.45, 7) is 1.68. The van der Waals surface area contributed by atoms with E-state index in [0.717, 1.165) is 25.3 Å². The summed E-state index contributed by atoms with van der Waals surface area (Å²) in [7, 11) is 1.30. The van der Waals surface area contributed by atoms with Gasteiger partial charge in [-0.25, -0.2) is 4.79 Å². The van der Waals surface area contributed by atoms with Gasteiger partial charge < -0.3 is 14.8 Å². The Hall–Kier alpha value is -2.64. The summed E-state index contributed by atoms with van der Waals surface area (Å²) in [5, 5.41) is 13.9. The van der Waals surface area contributed by atoms with Crippen molar-refractivity contribution in [3.8, 4) is 5.75 Å². The Morgan fingerprint density at radius 1 is 1.32 bits per heavy atom. The second-order valence-corrected chi connectivity index (χ2v) is 6.16. The van der Waals surface area contributed by atoms with Crippen LogP contribution in [0.25, 0.3) is 0 Å². The Morgan fingerprint density at radius 3 is 2.68 bits per heavy atom. The number of nitrogens with zero attached hydrogens (tertiary/aromatic N) is 1. The molecule has 1 amide bonds. The lowest BCUT2D eigenvalue weighted by Crippen LogP contribution is -2.42. The van der Waals surface area contributed by atoms with Gasteiger partial charge in [-0.3, -0.25) is 14.9 Å². The molecule has 0 saturated heterocycles. The van der Waals surface area contributed by atoms with Crippen LogP contribution in [0.2, 0.25) is 0 Å². The predicted molar refractivity (Wildman–Crippen MR) is 89.5 cm³/mol. The number of nitro benzene ring substituents is 1. The monoisotopic (exact) mass is 350 g/mol. The van der Waals surface area contributed by atoms with Gasteiger partial charge >= 0.3 is 11.7 Å². The first-order valence-corrected chi connectivity index (χ1v) is 8.21. The third kappa shape index (κ3) is 4.91. The lowest BCUT2D eigenvalue weighted by Gasteiger charge is -2.29. The van der Waals surface area contributed by atoms with Gasteiger partial charge in [0.1, 0.15) is 0 Å². The summed E-state index contributed by atoms with van der Waals surface area (Å²) >= 11 is 0. The highest BCUT2D eigenvalue weighted by Crippen LogP contribution is 2.27. The average molecular weight is 350 g/mol. The maximum Gasteiger partial charge on any atom is 0.338 e. The lowest BCUT2D eigenvalue weighted by molar-refractivity contribution is -0.385. The van der Waals surface area contributed by atoms with Crippen molar-refractivity contribution in [2.45, 2.75) is 38.6 Å². The molecule has 136 valence electrons. The van der Waals surface area contributed by atoms with Crippen LogP contribution in [-0.4, -0.2) is 36.6 Å². The minimum Gasteiger partial charge on any atom is -0.490 e. The molecule has 2 rings (SSSR count). The van der Waals surface area contributed by atoms with Crippen LogP contribution >= 0.6 is 0 Å². The summed E-state index contributed by atoms with van der Waals surface area (Å²) in [4.78, 5) is 34.3. The molecule has 25 heavy (non-hydrogen) atoms. The number of amides is 1. The number of nitro groups is 1. The third-order valence-corrected chi connectivity index (χ3v) is 4.40. The molecule has 8 nitrogen and oxygen atoms in total. The minimum atomic E-state index is -0.794. The number of esters is 1. The highest BCUT2D eigenvalue weighted by atomic mass is 16.6. The van der Waals surface area contributed by atoms with Crippen molar-refractivity contribution in [3.05, 3.63) is 33.9 Å². The number of rotatable bonds is 6. The Kier molecular flexibility index (Phi) is 6.32. The van der Waals surface area contributed by atoms with Crippen molar-refractivity contribution in [2.75, 3.05) is 13.7 Å². The molecule has 2 atom stereocenters. The van der Waals surface area contributed by atoms with Crippen molar-refractivity contribution in [1.29, 1.82) is 0 Å². The third-order valence-electron chi connectivity index (χ3n) is 4.40. The molecule has 1 N–H and O–H groups in total. The van der Waals surface area contributed by atoms with Crippen molar-refractivity contribution in [3.63, 3.8) is 0 Å². The van der Waals surface area contributed by atoms with Gasteiger partial charge in [-0.15, -0.1) is 0 Å². The summed E-state index contributed by atoms with van der Waals surface area (Å²) in [6.07, 6.45) is 4.23. The quantitative estimate of drug-likeness (QED) is 0.480. The zero-order valence-corrected chi connectivity index (χ0v) is 14.3. The molecule has 1 fully saturated rings. The maximum absolute atomic E-state index is 12.0. The van der Waals surface area contributed by atoms with Crippen molar-refractivity contribution < 1.29 is 24.0 Å². The number of carbonyl (C=O) groups excluding carboxylic acids is 2. The van der Waals surface area contributed by atoms with Crippen LogP contribution in [0.3, 0.4) is 0 Å². The van der Waals surface area contributed by atoms with Crippen LogP contribution in [0.4, 0.5) is 5.69 Å². The van der Waals surface area contributed by atoms with E-state index in [1.54, 1.807) is 0 Å². The second-order valence-electron chi connectivity index (χ2n) is 6.16. The van der Waals surface area contributed by atoms with Gasteiger partial charge in [0.05, 0.1) is 17.6 Å². The van der Waals surface area contributed by atoms with Gasteiger partial charge in [0.15, 0.2) is 12.4 Å². The van der Waals surface area contributed by atoms with E-state index >= 15 is 0 Å². The molecule has 0 unspecified atom stereocenters. The molecule has 1 saturated carbocycles. The maximum atomic E-state index is 12.0. The Balaban J connectivity index is 1.92. The number of methoxy groups -OCH3 is 1. The molecule has 0 spiro atoms. The zero-order chi connectivity index (χ0) is 18.4. The first-order valence-electron chi connectivity index (χ1n) is 8.21. The lowest BCUT2D eigenvalue weighted by atomic mass is 9.86. The molecule has 1 aromatic rings. The van der Waals surface area contributed by atoms with Crippen LogP contribution in [-0.2, 0) is 9.53 Å². The molecule has 1 aliphatic rings. The largest absolute Gasteiger partial charge is 0.490 e. The van der Waals surface area contributed by atoms with Gasteiger partial charge in [-0.05, 0) is 30.9 Å². The number of carbonyl (C=O) groups is 2. The molecule has 1 aromatic carbocycles. The molecule has 0 aliphatic heterocycles. The molecule has 8 heteroatoms. The Labute approximate surface area is 145 Å². The molecule has 0 aromatic heterocycles. The van der Waals surface area contributed by atoms with E-state index in [1.165, 1.54) is 25.7 Å². The van der Waals surface area contributed by atoms with E-state index in [4.69, 9.17) is 9.47 Å². The molecule has 0 radical (unpaired) electrons. The predicted octanol–water partition coefficient (Wildman–Crippen LogP) is 2.46. The fraction of sp³-hybridized carbons (Fsp3) is 0.529. The number of ether oxygens (including phenoxy) is 2. The van der Waals surface area contributed by atoms with Gasteiger partial charge in [0.2, 0.25) is 0 Å². The van der Waals surface area contributed by atoms with Crippen LogP contribution in [0, 0.1) is 16.0 Å². The SMILES string of the molecule is COc1ccc(C(=O)OCC(=O)N[C@@H]2CCCC[C@H]2C)cc1[N+](=O)[O-]. The topological polar surface area (TPSA) is 108 Å². The van der Waals surface area contributed by atoms with Crippen LogP contribution < -0.4 is 10.1 Å². The van der Waals surface area contributed by atoms with Crippen molar-refractivity contribution >= 4 is 17.6 Å². The van der Waals surface area contributed by atoms with Crippen LogP contribution in [0.5, 0.6) is 5.75 Å². The zero-order valence-electron chi connectivity index (χ0n) is 14.3. The fourth-order valence-electron chi connectivity index (χ4n) is 2.95. The first kappa shape index (κ1) is 18.7. The van der Waals surface area contributed by atoms with Gasteiger partial charge in [-0.1, -0.05) is 19.8 Å². The van der Waals surface area contributed by atoms with Gasteiger partial charge in [0, 0.05) is 12.1 Å². The fourth-order valence-corrected chi connectivity index (χ4v) is 2.95. The second kappa shape index (κ2) is 8.46. The average Bonchev–Trinajstić information content (AvgIpc) is 2.61. The molecule has 1 aliphatic carbocycles. The number of hydrogen-bond acceptors (Lipinski definition) is 6. The normalized spacial score (nSPS) is 19.8. The van der Waals surface area contributed by atoms with E-state index in [9.17, 15) is 19.7 Å². The van der Waals surface area contributed by atoms with E-state index in [-0.39, 0.29) is 28.9 Å². The molecular formula is C17H22N2O6.